The van der Waals surface area contributed by atoms with Crippen LogP contribution in [0.15, 0.2) is 29.2 Å². The maximum atomic E-state index is 11.9. The molecule has 16 heavy (non-hydrogen) atoms. The second-order valence-electron chi connectivity index (χ2n) is 3.82. The number of sulfone groups is 1. The van der Waals surface area contributed by atoms with Gasteiger partial charge in [0.15, 0.2) is 9.84 Å². The van der Waals surface area contributed by atoms with E-state index in [9.17, 15) is 8.42 Å². The SMILES string of the molecule is CSCCNC1CS(=O)(=O)c2ccccc21. The Balaban J connectivity index is 2.20. The van der Waals surface area contributed by atoms with Crippen LogP contribution in [0.2, 0.25) is 0 Å². The molecule has 0 saturated carbocycles. The number of benzene rings is 1. The minimum absolute atomic E-state index is 0.0339. The van der Waals surface area contributed by atoms with Gasteiger partial charge in [-0.05, 0) is 17.9 Å². The van der Waals surface area contributed by atoms with Gasteiger partial charge in [-0.15, -0.1) is 0 Å². The number of rotatable bonds is 4. The van der Waals surface area contributed by atoms with Crippen LogP contribution in [0.3, 0.4) is 0 Å². The van der Waals surface area contributed by atoms with Gasteiger partial charge in [0.25, 0.3) is 0 Å². The highest BCUT2D eigenvalue weighted by molar-refractivity contribution is 7.98. The molecule has 1 aliphatic heterocycles. The van der Waals surface area contributed by atoms with Crippen LogP contribution in [0.25, 0.3) is 0 Å². The smallest absolute Gasteiger partial charge is 0.180 e. The number of thioether (sulfide) groups is 1. The lowest BCUT2D eigenvalue weighted by molar-refractivity contribution is 0.580. The summed E-state index contributed by atoms with van der Waals surface area (Å²) in [6, 6.07) is 7.23. The van der Waals surface area contributed by atoms with Crippen molar-refractivity contribution in [2.75, 3.05) is 24.3 Å². The molecule has 1 unspecified atom stereocenters. The van der Waals surface area contributed by atoms with Crippen molar-refractivity contribution in [3.05, 3.63) is 29.8 Å². The summed E-state index contributed by atoms with van der Waals surface area (Å²) in [7, 11) is -3.06. The molecule has 0 spiro atoms. The van der Waals surface area contributed by atoms with Crippen LogP contribution in [-0.4, -0.2) is 32.7 Å². The van der Waals surface area contributed by atoms with Gasteiger partial charge in [0.05, 0.1) is 10.6 Å². The topological polar surface area (TPSA) is 46.2 Å². The van der Waals surface area contributed by atoms with Crippen molar-refractivity contribution in [3.63, 3.8) is 0 Å². The average molecular weight is 257 g/mol. The number of nitrogens with one attached hydrogen (secondary N) is 1. The Morgan fingerprint density at radius 2 is 2.19 bits per heavy atom. The Labute approximate surface area is 101 Å². The molecule has 88 valence electrons. The molecule has 0 radical (unpaired) electrons. The van der Waals surface area contributed by atoms with E-state index in [1.54, 1.807) is 23.9 Å². The van der Waals surface area contributed by atoms with Gasteiger partial charge in [0.2, 0.25) is 0 Å². The Bertz CT molecular complexity index is 471. The molecule has 1 aromatic rings. The van der Waals surface area contributed by atoms with Gasteiger partial charge in [-0.3, -0.25) is 0 Å². The highest BCUT2D eigenvalue weighted by Gasteiger charge is 2.33. The maximum Gasteiger partial charge on any atom is 0.180 e. The number of hydrogen-bond donors (Lipinski definition) is 1. The molecule has 0 fully saturated rings. The van der Waals surface area contributed by atoms with Crippen LogP contribution < -0.4 is 5.32 Å². The van der Waals surface area contributed by atoms with E-state index in [1.807, 2.05) is 18.4 Å². The summed E-state index contributed by atoms with van der Waals surface area (Å²) in [5, 5.41) is 3.29. The minimum atomic E-state index is -3.06. The van der Waals surface area contributed by atoms with Crippen LogP contribution in [0, 0.1) is 0 Å². The fourth-order valence-electron chi connectivity index (χ4n) is 1.95. The summed E-state index contributed by atoms with van der Waals surface area (Å²) in [5.41, 5.74) is 0.920. The van der Waals surface area contributed by atoms with E-state index < -0.39 is 9.84 Å². The minimum Gasteiger partial charge on any atom is -0.308 e. The molecule has 1 heterocycles. The first-order valence-corrected chi connectivity index (χ1v) is 8.24. The second-order valence-corrected chi connectivity index (χ2v) is 6.81. The van der Waals surface area contributed by atoms with Crippen molar-refractivity contribution in [3.8, 4) is 0 Å². The lowest BCUT2D eigenvalue weighted by Gasteiger charge is -2.11. The van der Waals surface area contributed by atoms with E-state index in [0.717, 1.165) is 17.9 Å². The van der Waals surface area contributed by atoms with E-state index in [1.165, 1.54) is 0 Å². The molecule has 0 aromatic heterocycles. The summed E-state index contributed by atoms with van der Waals surface area (Å²) in [6.45, 7) is 0.843. The molecule has 1 aliphatic rings. The van der Waals surface area contributed by atoms with Crippen LogP contribution in [0.1, 0.15) is 11.6 Å². The lowest BCUT2D eigenvalue weighted by Crippen LogP contribution is -2.24. The zero-order valence-corrected chi connectivity index (χ0v) is 10.8. The first kappa shape index (κ1) is 12.0. The predicted octanol–water partition coefficient (Wildman–Crippen LogP) is 1.47. The third-order valence-corrected chi connectivity index (χ3v) is 5.14. The summed E-state index contributed by atoms with van der Waals surface area (Å²) in [5.74, 6) is 1.19. The highest BCUT2D eigenvalue weighted by atomic mass is 32.2. The van der Waals surface area contributed by atoms with Gasteiger partial charge in [-0.25, -0.2) is 8.42 Å². The number of fused-ring (bicyclic) bond motifs is 1. The van der Waals surface area contributed by atoms with Crippen LogP contribution in [0.5, 0.6) is 0 Å². The van der Waals surface area contributed by atoms with Gasteiger partial charge in [-0.2, -0.15) is 11.8 Å². The molecule has 1 atom stereocenters. The molecule has 0 aliphatic carbocycles. The van der Waals surface area contributed by atoms with Crippen molar-refractivity contribution in [1.82, 2.24) is 5.32 Å². The van der Waals surface area contributed by atoms with Crippen molar-refractivity contribution in [2.45, 2.75) is 10.9 Å². The average Bonchev–Trinajstić information content (AvgIpc) is 2.52. The quantitative estimate of drug-likeness (QED) is 0.830. The largest absolute Gasteiger partial charge is 0.308 e. The number of hydrogen-bond acceptors (Lipinski definition) is 4. The first-order valence-electron chi connectivity index (χ1n) is 5.19. The maximum absolute atomic E-state index is 11.9. The lowest BCUT2D eigenvalue weighted by atomic mass is 10.1. The van der Waals surface area contributed by atoms with E-state index in [0.29, 0.717) is 4.90 Å². The highest BCUT2D eigenvalue weighted by Crippen LogP contribution is 2.32. The second kappa shape index (κ2) is 4.77. The Kier molecular flexibility index (Phi) is 3.56. The standard InChI is InChI=1S/C11H15NO2S2/c1-15-7-6-12-10-8-16(13,14)11-5-3-2-4-9(10)11/h2-5,10,12H,6-8H2,1H3. The Morgan fingerprint density at radius 3 is 2.94 bits per heavy atom. The third kappa shape index (κ3) is 2.26. The molecule has 2 rings (SSSR count). The molecule has 1 N–H and O–H groups in total. The Morgan fingerprint density at radius 1 is 1.44 bits per heavy atom. The zero-order chi connectivity index (χ0) is 11.6. The van der Waals surface area contributed by atoms with Crippen LogP contribution >= 0.6 is 11.8 Å². The van der Waals surface area contributed by atoms with Gasteiger partial charge in [0.1, 0.15) is 0 Å². The Hall–Kier alpha value is -0.520. The van der Waals surface area contributed by atoms with E-state index in [2.05, 4.69) is 5.32 Å². The molecule has 3 nitrogen and oxygen atoms in total. The molecule has 0 saturated heterocycles. The zero-order valence-electron chi connectivity index (χ0n) is 9.14. The van der Waals surface area contributed by atoms with Crippen molar-refractivity contribution >= 4 is 21.6 Å². The van der Waals surface area contributed by atoms with E-state index in [-0.39, 0.29) is 11.8 Å². The van der Waals surface area contributed by atoms with Crippen LogP contribution in [0.4, 0.5) is 0 Å². The van der Waals surface area contributed by atoms with E-state index >= 15 is 0 Å². The molecular weight excluding hydrogens is 242 g/mol. The van der Waals surface area contributed by atoms with Gasteiger partial charge < -0.3 is 5.32 Å². The van der Waals surface area contributed by atoms with Gasteiger partial charge in [0, 0.05) is 18.3 Å². The van der Waals surface area contributed by atoms with E-state index in [4.69, 9.17) is 0 Å². The van der Waals surface area contributed by atoms with Crippen molar-refractivity contribution < 1.29 is 8.42 Å². The molecule has 1 aromatic carbocycles. The fourth-order valence-corrected chi connectivity index (χ4v) is 4.05. The van der Waals surface area contributed by atoms with Crippen LogP contribution in [-0.2, 0) is 9.84 Å². The summed E-state index contributed by atoms with van der Waals surface area (Å²) < 4.78 is 23.7. The third-order valence-electron chi connectivity index (χ3n) is 2.71. The molecule has 0 amide bonds. The van der Waals surface area contributed by atoms with Gasteiger partial charge in [-0.1, -0.05) is 18.2 Å². The first-order chi connectivity index (χ1) is 7.65. The summed E-state index contributed by atoms with van der Waals surface area (Å²) in [4.78, 5) is 0.497. The van der Waals surface area contributed by atoms with Crippen molar-refractivity contribution in [1.29, 1.82) is 0 Å². The normalized spacial score (nSPS) is 21.9. The van der Waals surface area contributed by atoms with Gasteiger partial charge >= 0.3 is 0 Å². The van der Waals surface area contributed by atoms with Crippen molar-refractivity contribution in [2.24, 2.45) is 0 Å². The molecule has 0 bridgehead atoms. The fraction of sp³-hybridized carbons (Fsp3) is 0.455. The monoisotopic (exact) mass is 257 g/mol. The predicted molar refractivity (Wildman–Crippen MR) is 67.6 cm³/mol. The molecular formula is C11H15NO2S2. The summed E-state index contributed by atoms with van der Waals surface area (Å²) >= 11 is 1.75. The molecule has 5 heteroatoms. The summed E-state index contributed by atoms with van der Waals surface area (Å²) in [6.07, 6.45) is 2.04.